The zero-order chi connectivity index (χ0) is 13.9. The van der Waals surface area contributed by atoms with Gasteiger partial charge in [-0.3, -0.25) is 19.6 Å². The fourth-order valence-electron chi connectivity index (χ4n) is 1.73. The van der Waals surface area contributed by atoms with Crippen molar-refractivity contribution in [1.82, 2.24) is 15.1 Å². The lowest BCUT2D eigenvalue weighted by Crippen LogP contribution is -2.32. The second kappa shape index (κ2) is 5.35. The number of amides is 1. The van der Waals surface area contributed by atoms with Crippen molar-refractivity contribution in [2.45, 2.75) is 25.8 Å². The number of aliphatic hydroxyl groups is 1. The van der Waals surface area contributed by atoms with Gasteiger partial charge in [0.05, 0.1) is 11.5 Å². The van der Waals surface area contributed by atoms with Crippen LogP contribution < -0.4 is 5.32 Å². The third-order valence-corrected chi connectivity index (χ3v) is 3.35. The van der Waals surface area contributed by atoms with E-state index in [1.165, 1.54) is 10.9 Å². The molecule has 104 valence electrons. The molecule has 1 aromatic heterocycles. The van der Waals surface area contributed by atoms with Gasteiger partial charge in [0.15, 0.2) is 0 Å². The number of hydrogen-bond donors (Lipinski definition) is 2. The van der Waals surface area contributed by atoms with Gasteiger partial charge in [-0.15, -0.1) is 0 Å². The Morgan fingerprint density at radius 2 is 2.37 bits per heavy atom. The first-order valence-corrected chi connectivity index (χ1v) is 6.09. The summed E-state index contributed by atoms with van der Waals surface area (Å²) in [5.74, 6) is -0.141. The molecular weight excluding hydrogens is 252 g/mol. The highest BCUT2D eigenvalue weighted by atomic mass is 16.6. The monoisotopic (exact) mass is 268 g/mol. The van der Waals surface area contributed by atoms with E-state index in [0.717, 1.165) is 19.0 Å². The van der Waals surface area contributed by atoms with Crippen molar-refractivity contribution in [1.29, 1.82) is 0 Å². The van der Waals surface area contributed by atoms with E-state index < -0.39 is 4.92 Å². The van der Waals surface area contributed by atoms with E-state index in [4.69, 9.17) is 5.11 Å². The number of aromatic nitrogens is 2. The maximum atomic E-state index is 11.6. The zero-order valence-corrected chi connectivity index (χ0v) is 10.4. The quantitative estimate of drug-likeness (QED) is 0.537. The average Bonchev–Trinajstić information content (AvgIpc) is 3.02. The summed E-state index contributed by atoms with van der Waals surface area (Å²) in [5.41, 5.74) is -0.197. The van der Waals surface area contributed by atoms with Crippen LogP contribution in [0.15, 0.2) is 12.4 Å². The van der Waals surface area contributed by atoms with E-state index in [1.807, 2.05) is 0 Å². The molecule has 1 fully saturated rings. The van der Waals surface area contributed by atoms with Crippen LogP contribution in [0.4, 0.5) is 5.69 Å². The number of aryl methyl sites for hydroxylation is 1. The van der Waals surface area contributed by atoms with E-state index >= 15 is 0 Å². The number of carbonyl (C=O) groups excluding carboxylic acids is 1. The van der Waals surface area contributed by atoms with Crippen LogP contribution in [0.5, 0.6) is 0 Å². The fraction of sp³-hybridized carbons (Fsp3) is 0.636. The van der Waals surface area contributed by atoms with Gasteiger partial charge in [-0.1, -0.05) is 0 Å². The minimum atomic E-state index is -0.526. The molecule has 0 aliphatic heterocycles. The Hall–Kier alpha value is -1.96. The topological polar surface area (TPSA) is 110 Å². The molecule has 1 aliphatic carbocycles. The molecule has 2 rings (SSSR count). The predicted octanol–water partition coefficient (Wildman–Crippen LogP) is 0.0701. The molecule has 0 unspecified atom stereocenters. The Morgan fingerprint density at radius 1 is 1.63 bits per heavy atom. The third kappa shape index (κ3) is 3.50. The average molecular weight is 268 g/mol. The van der Waals surface area contributed by atoms with E-state index in [0.29, 0.717) is 13.1 Å². The molecule has 1 aliphatic rings. The highest BCUT2D eigenvalue weighted by Gasteiger charge is 2.41. The number of carbonyl (C=O) groups is 1. The molecule has 8 nitrogen and oxygen atoms in total. The zero-order valence-electron chi connectivity index (χ0n) is 10.4. The maximum Gasteiger partial charge on any atom is 0.306 e. The number of nitrogens with one attached hydrogen (secondary N) is 1. The highest BCUT2D eigenvalue weighted by molar-refractivity contribution is 5.75. The minimum absolute atomic E-state index is 0.0855. The summed E-state index contributed by atoms with van der Waals surface area (Å²) < 4.78 is 1.37. The molecule has 0 radical (unpaired) electrons. The molecule has 0 saturated heterocycles. The fourth-order valence-corrected chi connectivity index (χ4v) is 1.73. The molecule has 0 aromatic carbocycles. The van der Waals surface area contributed by atoms with Crippen LogP contribution in [0.3, 0.4) is 0 Å². The summed E-state index contributed by atoms with van der Waals surface area (Å²) in [6.07, 6.45) is 4.54. The van der Waals surface area contributed by atoms with E-state index in [2.05, 4.69) is 10.4 Å². The van der Waals surface area contributed by atoms with Crippen molar-refractivity contribution in [2.75, 3.05) is 13.2 Å². The molecule has 0 bridgehead atoms. The Morgan fingerprint density at radius 3 is 2.89 bits per heavy atom. The molecule has 8 heteroatoms. The van der Waals surface area contributed by atoms with E-state index in [-0.39, 0.29) is 30.0 Å². The lowest BCUT2D eigenvalue weighted by Gasteiger charge is -2.12. The van der Waals surface area contributed by atoms with Gasteiger partial charge in [0.2, 0.25) is 5.91 Å². The molecule has 0 atom stereocenters. The van der Waals surface area contributed by atoms with Gasteiger partial charge >= 0.3 is 5.69 Å². The Bertz CT molecular complexity index is 481. The Kier molecular flexibility index (Phi) is 3.79. The first-order valence-electron chi connectivity index (χ1n) is 6.09. The van der Waals surface area contributed by atoms with Crippen molar-refractivity contribution in [3.05, 3.63) is 22.5 Å². The summed E-state index contributed by atoms with van der Waals surface area (Å²) >= 11 is 0. The first-order chi connectivity index (χ1) is 9.04. The molecule has 19 heavy (non-hydrogen) atoms. The summed E-state index contributed by atoms with van der Waals surface area (Å²) in [6, 6.07) is 0. The van der Waals surface area contributed by atoms with Crippen molar-refractivity contribution in [3.63, 3.8) is 0 Å². The second-order valence-electron chi connectivity index (χ2n) is 4.90. The molecule has 0 spiro atoms. The number of hydrogen-bond acceptors (Lipinski definition) is 5. The van der Waals surface area contributed by atoms with Gasteiger partial charge in [-0.25, -0.2) is 0 Å². The van der Waals surface area contributed by atoms with Crippen LogP contribution in [-0.2, 0) is 11.3 Å². The van der Waals surface area contributed by atoms with Gasteiger partial charge in [0.1, 0.15) is 12.4 Å². The van der Waals surface area contributed by atoms with Gasteiger partial charge in [0.25, 0.3) is 0 Å². The molecule has 1 saturated carbocycles. The van der Waals surface area contributed by atoms with Crippen LogP contribution in [0.25, 0.3) is 0 Å². The van der Waals surface area contributed by atoms with Gasteiger partial charge < -0.3 is 10.4 Å². The molecule has 1 amide bonds. The van der Waals surface area contributed by atoms with Crippen LogP contribution >= 0.6 is 0 Å². The van der Waals surface area contributed by atoms with Crippen molar-refractivity contribution >= 4 is 11.6 Å². The largest absolute Gasteiger partial charge is 0.396 e. The minimum Gasteiger partial charge on any atom is -0.396 e. The summed E-state index contributed by atoms with van der Waals surface area (Å²) in [7, 11) is 0. The Labute approximate surface area is 109 Å². The normalized spacial score (nSPS) is 16.1. The van der Waals surface area contributed by atoms with Crippen LogP contribution in [0, 0.1) is 15.5 Å². The summed E-state index contributed by atoms with van der Waals surface area (Å²) in [6.45, 7) is 0.881. The van der Waals surface area contributed by atoms with Crippen molar-refractivity contribution < 1.29 is 14.8 Å². The number of nitrogens with zero attached hydrogens (tertiary/aromatic N) is 3. The lowest BCUT2D eigenvalue weighted by atomic mass is 10.1. The molecule has 1 aromatic rings. The smallest absolute Gasteiger partial charge is 0.306 e. The Balaban J connectivity index is 1.72. The third-order valence-electron chi connectivity index (χ3n) is 3.35. The molecule has 2 N–H and O–H groups in total. The second-order valence-corrected chi connectivity index (χ2v) is 4.90. The standard InChI is InChI=1S/C11H16N4O4/c16-8-11(2-3-11)7-12-10(17)1-4-14-6-9(5-13-14)15(18)19/h5-6,16H,1-4,7-8H2,(H,12,17). The SMILES string of the molecule is O=C(CCn1cc([N+](=O)[O-])cn1)NCC1(CO)CC1. The van der Waals surface area contributed by atoms with E-state index in [1.54, 1.807) is 0 Å². The molecule has 1 heterocycles. The van der Waals surface area contributed by atoms with Crippen LogP contribution in [0.1, 0.15) is 19.3 Å². The summed E-state index contributed by atoms with van der Waals surface area (Å²) in [5, 5.41) is 26.1. The highest BCUT2D eigenvalue weighted by Crippen LogP contribution is 2.44. The number of aliphatic hydroxyl groups excluding tert-OH is 1. The van der Waals surface area contributed by atoms with Crippen molar-refractivity contribution in [2.24, 2.45) is 5.41 Å². The van der Waals surface area contributed by atoms with Gasteiger partial charge in [-0.2, -0.15) is 5.10 Å². The molecular formula is C11H16N4O4. The summed E-state index contributed by atoms with van der Waals surface area (Å²) in [4.78, 5) is 21.5. The van der Waals surface area contributed by atoms with E-state index in [9.17, 15) is 14.9 Å². The number of nitro groups is 1. The van der Waals surface area contributed by atoms with Crippen LogP contribution in [-0.4, -0.2) is 38.9 Å². The predicted molar refractivity (Wildman–Crippen MR) is 65.3 cm³/mol. The maximum absolute atomic E-state index is 11.6. The van der Waals surface area contributed by atoms with Crippen molar-refractivity contribution in [3.8, 4) is 0 Å². The number of rotatable bonds is 7. The van der Waals surface area contributed by atoms with Crippen LogP contribution in [0.2, 0.25) is 0 Å². The van der Waals surface area contributed by atoms with Gasteiger partial charge in [0, 0.05) is 24.9 Å². The first kappa shape index (κ1) is 13.5. The van der Waals surface area contributed by atoms with Gasteiger partial charge in [-0.05, 0) is 12.8 Å². The lowest BCUT2D eigenvalue weighted by molar-refractivity contribution is -0.385.